The molecule has 0 radical (unpaired) electrons. The molecule has 1 aliphatic heterocycles. The van der Waals surface area contributed by atoms with E-state index in [4.69, 9.17) is 4.74 Å². The van der Waals surface area contributed by atoms with Crippen LogP contribution < -0.4 is 10.1 Å². The van der Waals surface area contributed by atoms with E-state index in [1.165, 1.54) is 36.6 Å². The molecule has 1 saturated heterocycles. The molecule has 1 aromatic rings. The summed E-state index contributed by atoms with van der Waals surface area (Å²) in [4.78, 5) is 2.51. The SMILES string of the molecule is CC(C)NCc1ccc(OCCN2CCCSCC2)cc1. The molecular weight excluding hydrogens is 280 g/mol. The van der Waals surface area contributed by atoms with Gasteiger partial charge in [0.1, 0.15) is 12.4 Å². The maximum Gasteiger partial charge on any atom is 0.119 e. The van der Waals surface area contributed by atoms with E-state index >= 15 is 0 Å². The molecule has 1 N–H and O–H groups in total. The molecule has 0 amide bonds. The molecule has 0 bridgehead atoms. The second-order valence-electron chi connectivity index (χ2n) is 5.84. The van der Waals surface area contributed by atoms with Crippen LogP contribution in [-0.2, 0) is 6.54 Å². The van der Waals surface area contributed by atoms with Crippen LogP contribution in [0.25, 0.3) is 0 Å². The van der Waals surface area contributed by atoms with E-state index in [9.17, 15) is 0 Å². The van der Waals surface area contributed by atoms with Gasteiger partial charge in [-0.3, -0.25) is 4.90 Å². The van der Waals surface area contributed by atoms with E-state index < -0.39 is 0 Å². The summed E-state index contributed by atoms with van der Waals surface area (Å²) in [6, 6.07) is 8.97. The third-order valence-electron chi connectivity index (χ3n) is 3.63. The molecular formula is C17H28N2OS. The fraction of sp³-hybridized carbons (Fsp3) is 0.647. The Labute approximate surface area is 133 Å². The summed E-state index contributed by atoms with van der Waals surface area (Å²) in [6.45, 7) is 9.50. The topological polar surface area (TPSA) is 24.5 Å². The number of rotatable bonds is 7. The molecule has 1 aromatic carbocycles. The van der Waals surface area contributed by atoms with Crippen LogP contribution >= 0.6 is 11.8 Å². The third kappa shape index (κ3) is 6.72. The van der Waals surface area contributed by atoms with Crippen molar-refractivity contribution >= 4 is 11.8 Å². The van der Waals surface area contributed by atoms with Gasteiger partial charge in [0.2, 0.25) is 0 Å². The number of ether oxygens (including phenoxy) is 1. The fourth-order valence-electron chi connectivity index (χ4n) is 2.34. The lowest BCUT2D eigenvalue weighted by Crippen LogP contribution is -2.30. The third-order valence-corrected chi connectivity index (χ3v) is 4.68. The molecule has 1 fully saturated rings. The Balaban J connectivity index is 1.68. The second kappa shape index (κ2) is 9.34. The van der Waals surface area contributed by atoms with Gasteiger partial charge in [-0.25, -0.2) is 0 Å². The van der Waals surface area contributed by atoms with Gasteiger partial charge in [0.25, 0.3) is 0 Å². The standard InChI is InChI=1S/C17H28N2OS/c1-15(2)18-14-16-4-6-17(7-5-16)20-11-9-19-8-3-12-21-13-10-19/h4-7,15,18H,3,8-14H2,1-2H3. The molecule has 0 aromatic heterocycles. The first-order chi connectivity index (χ1) is 10.2. The molecule has 0 atom stereocenters. The summed E-state index contributed by atoms with van der Waals surface area (Å²) in [5.74, 6) is 3.55. The van der Waals surface area contributed by atoms with Crippen molar-refractivity contribution in [3.05, 3.63) is 29.8 Å². The van der Waals surface area contributed by atoms with Crippen LogP contribution in [0.2, 0.25) is 0 Å². The van der Waals surface area contributed by atoms with Crippen molar-refractivity contribution in [1.82, 2.24) is 10.2 Å². The van der Waals surface area contributed by atoms with Crippen molar-refractivity contribution in [3.8, 4) is 5.75 Å². The quantitative estimate of drug-likeness (QED) is 0.837. The van der Waals surface area contributed by atoms with Crippen LogP contribution in [0, 0.1) is 0 Å². The Morgan fingerprint density at radius 3 is 2.76 bits per heavy atom. The van der Waals surface area contributed by atoms with Crippen molar-refractivity contribution in [1.29, 1.82) is 0 Å². The van der Waals surface area contributed by atoms with Crippen LogP contribution in [0.4, 0.5) is 0 Å². The Morgan fingerprint density at radius 2 is 2.00 bits per heavy atom. The van der Waals surface area contributed by atoms with E-state index in [2.05, 4.69) is 60.1 Å². The summed E-state index contributed by atoms with van der Waals surface area (Å²) >= 11 is 2.07. The van der Waals surface area contributed by atoms with Crippen LogP contribution in [-0.4, -0.2) is 48.7 Å². The van der Waals surface area contributed by atoms with Crippen molar-refractivity contribution < 1.29 is 4.74 Å². The van der Waals surface area contributed by atoms with Gasteiger partial charge in [-0.1, -0.05) is 26.0 Å². The highest BCUT2D eigenvalue weighted by atomic mass is 32.2. The first-order valence-corrected chi connectivity index (χ1v) is 9.15. The summed E-state index contributed by atoms with van der Waals surface area (Å²) < 4.78 is 5.86. The smallest absolute Gasteiger partial charge is 0.119 e. The number of nitrogens with zero attached hydrogens (tertiary/aromatic N) is 1. The molecule has 1 aliphatic rings. The number of benzene rings is 1. The van der Waals surface area contributed by atoms with Gasteiger partial charge in [-0.05, 0) is 36.4 Å². The summed E-state index contributed by atoms with van der Waals surface area (Å²) in [5, 5.41) is 3.42. The van der Waals surface area contributed by atoms with Gasteiger partial charge in [0.15, 0.2) is 0 Å². The van der Waals surface area contributed by atoms with Gasteiger partial charge >= 0.3 is 0 Å². The lowest BCUT2D eigenvalue weighted by atomic mass is 10.2. The van der Waals surface area contributed by atoms with E-state index in [1.54, 1.807) is 0 Å². The van der Waals surface area contributed by atoms with Crippen LogP contribution in [0.5, 0.6) is 5.75 Å². The molecule has 0 aliphatic carbocycles. The molecule has 3 nitrogen and oxygen atoms in total. The Kier molecular flexibility index (Phi) is 7.41. The fourth-order valence-corrected chi connectivity index (χ4v) is 3.26. The van der Waals surface area contributed by atoms with E-state index in [-0.39, 0.29) is 0 Å². The number of hydrogen-bond acceptors (Lipinski definition) is 4. The zero-order valence-electron chi connectivity index (χ0n) is 13.3. The van der Waals surface area contributed by atoms with Crippen LogP contribution in [0.15, 0.2) is 24.3 Å². The van der Waals surface area contributed by atoms with Crippen molar-refractivity contribution in [2.75, 3.05) is 37.7 Å². The number of thioether (sulfide) groups is 1. The second-order valence-corrected chi connectivity index (χ2v) is 7.06. The summed E-state index contributed by atoms with van der Waals surface area (Å²) in [6.07, 6.45) is 1.31. The molecule has 4 heteroatoms. The Bertz CT molecular complexity index is 386. The molecule has 2 rings (SSSR count). The van der Waals surface area contributed by atoms with Gasteiger partial charge in [0.05, 0.1) is 0 Å². The monoisotopic (exact) mass is 308 g/mol. The molecule has 1 heterocycles. The highest BCUT2D eigenvalue weighted by Crippen LogP contribution is 2.13. The lowest BCUT2D eigenvalue weighted by Gasteiger charge is -2.19. The molecule has 0 unspecified atom stereocenters. The minimum Gasteiger partial charge on any atom is -0.492 e. The maximum atomic E-state index is 5.86. The zero-order chi connectivity index (χ0) is 14.9. The van der Waals surface area contributed by atoms with Crippen LogP contribution in [0.1, 0.15) is 25.8 Å². The van der Waals surface area contributed by atoms with Gasteiger partial charge in [0, 0.05) is 31.4 Å². The lowest BCUT2D eigenvalue weighted by molar-refractivity contribution is 0.219. The normalized spacial score (nSPS) is 16.9. The Hall–Kier alpha value is -0.710. The predicted molar refractivity (Wildman–Crippen MR) is 92.3 cm³/mol. The molecule has 0 spiro atoms. The molecule has 21 heavy (non-hydrogen) atoms. The van der Waals surface area contributed by atoms with Gasteiger partial charge < -0.3 is 10.1 Å². The number of nitrogens with one attached hydrogen (secondary N) is 1. The van der Waals surface area contributed by atoms with E-state index in [0.29, 0.717) is 6.04 Å². The van der Waals surface area contributed by atoms with Crippen molar-refractivity contribution in [2.24, 2.45) is 0 Å². The summed E-state index contributed by atoms with van der Waals surface area (Å²) in [7, 11) is 0. The average molecular weight is 308 g/mol. The highest BCUT2D eigenvalue weighted by Gasteiger charge is 2.08. The molecule has 0 saturated carbocycles. The minimum absolute atomic E-state index is 0.521. The predicted octanol–water partition coefficient (Wildman–Crippen LogP) is 3.00. The zero-order valence-corrected chi connectivity index (χ0v) is 14.1. The van der Waals surface area contributed by atoms with Crippen molar-refractivity contribution in [2.45, 2.75) is 32.9 Å². The van der Waals surface area contributed by atoms with Crippen molar-refractivity contribution in [3.63, 3.8) is 0 Å². The minimum atomic E-state index is 0.521. The largest absolute Gasteiger partial charge is 0.492 e. The van der Waals surface area contributed by atoms with E-state index in [0.717, 1.165) is 25.4 Å². The average Bonchev–Trinajstić information content (AvgIpc) is 2.75. The number of hydrogen-bond donors (Lipinski definition) is 1. The first kappa shape index (κ1) is 16.7. The highest BCUT2D eigenvalue weighted by molar-refractivity contribution is 7.99. The van der Waals surface area contributed by atoms with Gasteiger partial charge in [-0.2, -0.15) is 11.8 Å². The first-order valence-electron chi connectivity index (χ1n) is 7.99. The van der Waals surface area contributed by atoms with Gasteiger partial charge in [-0.15, -0.1) is 0 Å². The molecule has 118 valence electrons. The Morgan fingerprint density at radius 1 is 1.19 bits per heavy atom. The summed E-state index contributed by atoms with van der Waals surface area (Å²) in [5.41, 5.74) is 1.31. The van der Waals surface area contributed by atoms with Crippen LogP contribution in [0.3, 0.4) is 0 Å². The maximum absolute atomic E-state index is 5.86. The van der Waals surface area contributed by atoms with E-state index in [1.807, 2.05) is 0 Å².